The number of fused-ring (bicyclic) bond motifs is 5. The first kappa shape index (κ1) is 41.4. The van der Waals surface area contributed by atoms with Crippen LogP contribution in [0, 0.1) is 0 Å². The zero-order chi connectivity index (χ0) is 59.9. The smallest absolute Gasteiger partial charge is 0.215 e. The van der Waals surface area contributed by atoms with E-state index in [1.54, 1.807) is 41.0 Å². The minimum absolute atomic E-state index is 0.0248. The van der Waals surface area contributed by atoms with Crippen LogP contribution in [0.25, 0.3) is 61.0 Å². The number of hydrogen-bond acceptors (Lipinski definition) is 4. The summed E-state index contributed by atoms with van der Waals surface area (Å²) >= 11 is 0. The molecule has 1 aliphatic rings. The number of anilines is 4. The summed E-state index contributed by atoms with van der Waals surface area (Å²) in [5.41, 5.74) is 10.8. The first-order valence-corrected chi connectivity index (χ1v) is 29.1. The Hall–Kier alpha value is -9.69. The lowest BCUT2D eigenvalue weighted by molar-refractivity contribution is 0.484. The fourth-order valence-electron chi connectivity index (χ4n) is 12.0. The Labute approximate surface area is 478 Å². The summed E-state index contributed by atoms with van der Waals surface area (Å²) < 4.78 is 73.0. The maximum absolute atomic E-state index is 9.38. The molecule has 0 amide bonds. The highest BCUT2D eigenvalue weighted by Crippen LogP contribution is 2.52. The Morgan fingerprint density at radius 3 is 1.64 bits per heavy atom. The molecule has 0 bridgehead atoms. The average molecular weight is 1060 g/mol. The maximum Gasteiger partial charge on any atom is 0.215 e. The zero-order valence-corrected chi connectivity index (χ0v) is 45.5. The van der Waals surface area contributed by atoms with E-state index in [9.17, 15) is 2.74 Å². The highest BCUT2D eigenvalue weighted by molar-refractivity contribution is 7.20. The molecule has 0 N–H and O–H groups in total. The molecule has 80 heavy (non-hydrogen) atoms. The van der Waals surface area contributed by atoms with Gasteiger partial charge in [0.25, 0.3) is 0 Å². The normalized spacial score (nSPS) is 14.1. The number of ether oxygens (including phenoxy) is 1. The average Bonchev–Trinajstić information content (AvgIpc) is 1.64. The molecule has 0 spiro atoms. The number of benzene rings is 11. The molecule has 6 nitrogen and oxygen atoms in total. The van der Waals surface area contributed by atoms with Crippen molar-refractivity contribution in [1.29, 1.82) is 0 Å². The van der Waals surface area contributed by atoms with Gasteiger partial charge in [-0.25, -0.2) is 4.98 Å². The van der Waals surface area contributed by atoms with Crippen molar-refractivity contribution in [2.24, 2.45) is 6.98 Å². The Morgan fingerprint density at radius 1 is 0.487 bits per heavy atom. The van der Waals surface area contributed by atoms with E-state index in [2.05, 4.69) is 237 Å². The van der Waals surface area contributed by atoms with Gasteiger partial charge in [-0.05, 0) is 110 Å². The van der Waals surface area contributed by atoms with Crippen LogP contribution in [0.2, 0.25) is 0 Å². The van der Waals surface area contributed by atoms with Crippen LogP contribution in [0.15, 0.2) is 273 Å². The highest BCUT2D eigenvalue weighted by atomic mass is 28.3. The van der Waals surface area contributed by atoms with Crippen molar-refractivity contribution in [3.8, 4) is 39.7 Å². The molecule has 0 saturated heterocycles. The number of hydrogen-bond donors (Lipinski definition) is 0. The van der Waals surface area contributed by atoms with E-state index < -0.39 is 27.1 Å². The molecule has 0 aliphatic carbocycles. The molecule has 1 aliphatic heterocycles. The maximum atomic E-state index is 9.38. The Kier molecular flexibility index (Phi) is 10.2. The summed E-state index contributed by atoms with van der Waals surface area (Å²) in [6, 6.07) is 84.6. The summed E-state index contributed by atoms with van der Waals surface area (Å²) in [6.07, 6.45) is 0. The summed E-state index contributed by atoms with van der Waals surface area (Å²) in [6.45, 7) is 4.51. The predicted octanol–water partition coefficient (Wildman–Crippen LogP) is 15.7. The van der Waals surface area contributed by atoms with Gasteiger partial charge in [0.2, 0.25) is 5.95 Å². The van der Waals surface area contributed by atoms with Gasteiger partial charge in [0.15, 0.2) is 8.07 Å². The number of imidazole rings is 1. The predicted molar refractivity (Wildman–Crippen MR) is 337 cm³/mol. The molecule has 3 heterocycles. The van der Waals surface area contributed by atoms with Crippen molar-refractivity contribution < 1.29 is 14.3 Å². The lowest BCUT2D eigenvalue weighted by Crippen LogP contribution is -2.74. The van der Waals surface area contributed by atoms with Crippen molar-refractivity contribution in [1.82, 2.24) is 14.1 Å². The van der Waals surface area contributed by atoms with Gasteiger partial charge in [-0.15, -0.1) is 0 Å². The van der Waals surface area contributed by atoms with Crippen molar-refractivity contribution in [2.45, 2.75) is 26.2 Å². The zero-order valence-electron chi connectivity index (χ0n) is 51.5. The molecule has 0 unspecified atom stereocenters. The molecule has 386 valence electrons. The lowest BCUT2D eigenvalue weighted by atomic mass is 9.82. The Bertz CT molecular complexity index is 4620. The number of nitrogens with zero attached hydrogens (tertiary/aromatic N) is 5. The van der Waals surface area contributed by atoms with Crippen LogP contribution in [0.5, 0.6) is 11.5 Å². The van der Waals surface area contributed by atoms with E-state index in [0.29, 0.717) is 40.1 Å². The molecule has 0 radical (unpaired) electrons. The lowest BCUT2D eigenvalue weighted by Gasteiger charge is -2.35. The third-order valence-electron chi connectivity index (χ3n) is 15.8. The third-order valence-corrected chi connectivity index (χ3v) is 20.5. The van der Waals surface area contributed by atoms with E-state index in [0.717, 1.165) is 54.8 Å². The first-order chi connectivity index (χ1) is 42.1. The summed E-state index contributed by atoms with van der Waals surface area (Å²) in [7, 11) is -3.28. The third kappa shape index (κ3) is 8.20. The van der Waals surface area contributed by atoms with E-state index >= 15 is 0 Å². The van der Waals surface area contributed by atoms with Crippen molar-refractivity contribution in [2.75, 3.05) is 16.5 Å². The van der Waals surface area contributed by atoms with Crippen molar-refractivity contribution >= 4 is 84.4 Å². The molecular weight excluding hydrogens is 991 g/mol. The second-order valence-electron chi connectivity index (χ2n) is 21.5. The van der Waals surface area contributed by atoms with Crippen LogP contribution in [-0.2, 0) is 12.4 Å². The van der Waals surface area contributed by atoms with Crippen LogP contribution in [0.1, 0.15) is 35.9 Å². The van der Waals surface area contributed by atoms with Crippen LogP contribution >= 0.6 is 0 Å². The number of rotatable bonds is 11. The monoisotopic (exact) mass is 1060 g/mol. The summed E-state index contributed by atoms with van der Waals surface area (Å²) in [5, 5.41) is 5.30. The number of aryl methyl sites for hydroxylation is 1. The summed E-state index contributed by atoms with van der Waals surface area (Å²) in [4.78, 5) is 9.76. The number of para-hydroxylation sites is 5. The quantitative estimate of drug-likeness (QED) is 0.0956. The van der Waals surface area contributed by atoms with E-state index in [-0.39, 0.29) is 34.4 Å². The molecule has 2 aromatic heterocycles. The minimum atomic E-state index is -3.28. The van der Waals surface area contributed by atoms with E-state index in [1.807, 2.05) is 6.07 Å². The van der Waals surface area contributed by atoms with E-state index in [1.165, 1.54) is 21.1 Å². The molecule has 13 aromatic rings. The van der Waals surface area contributed by atoms with Gasteiger partial charge in [-0.1, -0.05) is 215 Å². The first-order valence-electron chi connectivity index (χ1n) is 30.6. The molecule has 14 rings (SSSR count). The van der Waals surface area contributed by atoms with Gasteiger partial charge in [0.05, 0.1) is 44.6 Å². The minimum Gasteiger partial charge on any atom is -0.457 e. The SMILES string of the molecule is [2H]c1c([2H])c([2H])c2c(c1[2H])c1ccc(Oc3cc(N4CN(c5c(-c6ccccc6)cc(C(C)(C)C)cc5-c5ccccc5)c5ccccc54)cc([Si](c4ccccc4)(c4ccccc4)c4ccccc4)c3)cc1n2-c1nc2ccccc2n1C([2H])([2H])[2H]. The Morgan fingerprint density at radius 2 is 1.04 bits per heavy atom. The highest BCUT2D eigenvalue weighted by Gasteiger charge is 2.43. The van der Waals surface area contributed by atoms with Crippen molar-refractivity contribution in [3.63, 3.8) is 0 Å². The molecule has 0 atom stereocenters. The summed E-state index contributed by atoms with van der Waals surface area (Å²) in [5.74, 6) is 0.891. The second kappa shape index (κ2) is 19.6. The number of aromatic nitrogens is 3. The van der Waals surface area contributed by atoms with Crippen LogP contribution in [0.3, 0.4) is 0 Å². The van der Waals surface area contributed by atoms with Crippen molar-refractivity contribution in [3.05, 3.63) is 278 Å². The van der Waals surface area contributed by atoms with Crippen LogP contribution in [-0.4, -0.2) is 28.9 Å². The van der Waals surface area contributed by atoms with Gasteiger partial charge in [0.1, 0.15) is 18.2 Å². The van der Waals surface area contributed by atoms with Gasteiger partial charge in [-0.2, -0.15) is 0 Å². The Balaban J connectivity index is 1.03. The second-order valence-corrected chi connectivity index (χ2v) is 25.3. The fraction of sp³-hybridized carbons (Fsp3) is 0.0822. The topological polar surface area (TPSA) is 38.5 Å². The van der Waals surface area contributed by atoms with E-state index in [4.69, 9.17) is 16.6 Å². The molecular formula is C73H59N5OSi. The largest absolute Gasteiger partial charge is 0.457 e. The molecule has 0 saturated carbocycles. The standard InChI is InChI=1S/C73H59N5OSi/c1-73(2,3)53-44-63(51-26-10-5-11-27-51)71(64(45-53)52-28-12-6-13-29-52)77-50-76(68-40-24-25-41-69(68)77)54-46-56(48-60(47-54)80(57-30-14-7-15-31-57,58-32-16-8-17-33-58)59-34-18-9-19-35-59)79-55-42-43-62-61-36-20-22-38-66(61)78(70(62)49-55)72-74-65-37-21-23-39-67(65)75(72)4/h5-49H,50H2,1-4H3/i4D3,20D,22D,36D,38D. The molecule has 11 aromatic carbocycles. The fourth-order valence-corrected chi connectivity index (χ4v) is 16.8. The van der Waals surface area contributed by atoms with Gasteiger partial charge >= 0.3 is 0 Å². The van der Waals surface area contributed by atoms with Gasteiger partial charge < -0.3 is 19.1 Å². The van der Waals surface area contributed by atoms with Gasteiger partial charge in [-0.3, -0.25) is 4.57 Å². The van der Waals surface area contributed by atoms with Crippen LogP contribution in [0.4, 0.5) is 22.7 Å². The molecule has 7 heteroatoms. The van der Waals surface area contributed by atoms with Gasteiger partial charge in [0, 0.05) is 50.8 Å². The molecule has 0 fully saturated rings. The van der Waals surface area contributed by atoms with Crippen LogP contribution < -0.4 is 35.3 Å².